The molecule has 0 saturated carbocycles. The van der Waals surface area contributed by atoms with E-state index in [1.54, 1.807) is 0 Å². The molecule has 1 aliphatic heterocycles. The zero-order valence-electron chi connectivity index (χ0n) is 9.82. The first kappa shape index (κ1) is 11.6. The van der Waals surface area contributed by atoms with Crippen LogP contribution in [0.3, 0.4) is 0 Å². The lowest BCUT2D eigenvalue weighted by molar-refractivity contribution is 0.114. The highest BCUT2D eigenvalue weighted by Crippen LogP contribution is 2.14. The summed E-state index contributed by atoms with van der Waals surface area (Å²) in [6.45, 7) is 4.06. The van der Waals surface area contributed by atoms with Gasteiger partial charge in [0, 0.05) is 6.61 Å². The van der Waals surface area contributed by atoms with Crippen LogP contribution in [0.25, 0.3) is 0 Å². The molecule has 1 aromatic rings. The first-order valence-corrected chi connectivity index (χ1v) is 6.27. The van der Waals surface area contributed by atoms with Crippen LogP contribution in [0.4, 0.5) is 0 Å². The Bertz CT molecular complexity index is 280. The van der Waals surface area contributed by atoms with Gasteiger partial charge in [0.25, 0.3) is 0 Å². The third-order valence-corrected chi connectivity index (χ3v) is 3.17. The fraction of sp³-hybridized carbons (Fsp3) is 0.571. The zero-order valence-corrected chi connectivity index (χ0v) is 9.82. The normalized spacial score (nSPS) is 20.1. The van der Waals surface area contributed by atoms with E-state index in [1.165, 1.54) is 37.9 Å². The highest BCUT2D eigenvalue weighted by molar-refractivity contribution is 5.13. The number of benzene rings is 1. The summed E-state index contributed by atoms with van der Waals surface area (Å²) in [5.74, 6) is 0.889. The van der Waals surface area contributed by atoms with Gasteiger partial charge in [0.1, 0.15) is 0 Å². The molecule has 0 aliphatic carbocycles. The molecule has 1 heterocycles. The minimum absolute atomic E-state index is 0.754. The van der Waals surface area contributed by atoms with Crippen molar-refractivity contribution >= 4 is 0 Å². The average molecular weight is 219 g/mol. The maximum absolute atomic E-state index is 5.66. The van der Waals surface area contributed by atoms with E-state index in [2.05, 4.69) is 29.6 Å². The monoisotopic (exact) mass is 219 g/mol. The minimum Gasteiger partial charge on any atom is -0.377 e. The number of hydrogen-bond donors (Lipinski definition) is 1. The maximum atomic E-state index is 5.66. The van der Waals surface area contributed by atoms with Crippen molar-refractivity contribution in [1.82, 2.24) is 5.32 Å². The fourth-order valence-corrected chi connectivity index (χ4v) is 2.20. The molecular weight excluding hydrogens is 198 g/mol. The summed E-state index contributed by atoms with van der Waals surface area (Å²) in [6, 6.07) is 10.4. The van der Waals surface area contributed by atoms with Crippen molar-refractivity contribution in [2.45, 2.75) is 25.9 Å². The van der Waals surface area contributed by atoms with E-state index in [4.69, 9.17) is 4.74 Å². The number of hydrogen-bond acceptors (Lipinski definition) is 2. The molecule has 2 rings (SSSR count). The van der Waals surface area contributed by atoms with Gasteiger partial charge in [0.05, 0.1) is 6.61 Å². The van der Waals surface area contributed by atoms with E-state index >= 15 is 0 Å². The molecule has 1 fully saturated rings. The number of nitrogens with one attached hydrogen (secondary N) is 1. The van der Waals surface area contributed by atoms with E-state index in [-0.39, 0.29) is 0 Å². The van der Waals surface area contributed by atoms with Crippen LogP contribution in [0.15, 0.2) is 30.3 Å². The van der Waals surface area contributed by atoms with Gasteiger partial charge in [-0.1, -0.05) is 30.3 Å². The van der Waals surface area contributed by atoms with Gasteiger partial charge in [-0.25, -0.2) is 0 Å². The first-order chi connectivity index (χ1) is 7.95. The Morgan fingerprint density at radius 1 is 1.25 bits per heavy atom. The van der Waals surface area contributed by atoms with Gasteiger partial charge in [-0.2, -0.15) is 0 Å². The largest absolute Gasteiger partial charge is 0.377 e. The predicted molar refractivity (Wildman–Crippen MR) is 66.3 cm³/mol. The van der Waals surface area contributed by atoms with Gasteiger partial charge in [-0.3, -0.25) is 0 Å². The van der Waals surface area contributed by atoms with Crippen LogP contribution in [0.2, 0.25) is 0 Å². The summed E-state index contributed by atoms with van der Waals surface area (Å²) in [6.07, 6.45) is 3.85. The molecule has 1 aromatic carbocycles. The molecule has 1 aliphatic rings. The Balaban J connectivity index is 1.52. The minimum atomic E-state index is 0.754. The topological polar surface area (TPSA) is 21.3 Å². The second-order valence-corrected chi connectivity index (χ2v) is 4.54. The molecule has 2 heteroatoms. The van der Waals surface area contributed by atoms with Crippen molar-refractivity contribution in [3.63, 3.8) is 0 Å². The third kappa shape index (κ3) is 3.95. The summed E-state index contributed by atoms with van der Waals surface area (Å²) in [5.41, 5.74) is 1.27. The zero-order chi connectivity index (χ0) is 11.1. The summed E-state index contributed by atoms with van der Waals surface area (Å²) < 4.78 is 5.66. The number of ether oxygens (including phenoxy) is 1. The Labute approximate surface area is 98.0 Å². The molecule has 0 amide bonds. The first-order valence-electron chi connectivity index (χ1n) is 6.27. The van der Waals surface area contributed by atoms with Crippen LogP contribution in [0.5, 0.6) is 0 Å². The van der Waals surface area contributed by atoms with Crippen molar-refractivity contribution in [2.75, 3.05) is 19.7 Å². The molecule has 1 saturated heterocycles. The van der Waals surface area contributed by atoms with Gasteiger partial charge in [0.15, 0.2) is 0 Å². The van der Waals surface area contributed by atoms with Gasteiger partial charge in [-0.05, 0) is 43.8 Å². The summed E-state index contributed by atoms with van der Waals surface area (Å²) >= 11 is 0. The van der Waals surface area contributed by atoms with E-state index in [0.717, 1.165) is 19.1 Å². The Hall–Kier alpha value is -0.860. The van der Waals surface area contributed by atoms with Crippen molar-refractivity contribution in [2.24, 2.45) is 5.92 Å². The second-order valence-electron chi connectivity index (χ2n) is 4.54. The standard InChI is InChI=1S/C14H21NO/c1-2-5-14(6-3-1)12-16-10-4-7-13-8-9-15-11-13/h1-3,5-6,13,15H,4,7-12H2. The van der Waals surface area contributed by atoms with Crippen LogP contribution >= 0.6 is 0 Å². The Morgan fingerprint density at radius 2 is 2.12 bits per heavy atom. The van der Waals surface area contributed by atoms with Crippen molar-refractivity contribution < 1.29 is 4.74 Å². The van der Waals surface area contributed by atoms with Gasteiger partial charge in [-0.15, -0.1) is 0 Å². The van der Waals surface area contributed by atoms with Crippen molar-refractivity contribution in [3.8, 4) is 0 Å². The van der Waals surface area contributed by atoms with Gasteiger partial charge >= 0.3 is 0 Å². The molecule has 1 unspecified atom stereocenters. The lowest BCUT2D eigenvalue weighted by Crippen LogP contribution is -2.09. The molecule has 0 spiro atoms. The lowest BCUT2D eigenvalue weighted by atomic mass is 10.0. The van der Waals surface area contributed by atoms with E-state index in [9.17, 15) is 0 Å². The van der Waals surface area contributed by atoms with Crippen LogP contribution < -0.4 is 5.32 Å². The van der Waals surface area contributed by atoms with E-state index in [1.807, 2.05) is 6.07 Å². The molecule has 16 heavy (non-hydrogen) atoms. The average Bonchev–Trinajstić information content (AvgIpc) is 2.83. The smallest absolute Gasteiger partial charge is 0.0716 e. The van der Waals surface area contributed by atoms with Crippen LogP contribution in [0, 0.1) is 5.92 Å². The molecule has 1 atom stereocenters. The van der Waals surface area contributed by atoms with E-state index in [0.29, 0.717) is 0 Å². The SMILES string of the molecule is c1ccc(COCCCC2CCNC2)cc1. The molecule has 0 radical (unpaired) electrons. The van der Waals surface area contributed by atoms with Crippen molar-refractivity contribution in [3.05, 3.63) is 35.9 Å². The summed E-state index contributed by atoms with van der Waals surface area (Å²) in [4.78, 5) is 0. The quantitative estimate of drug-likeness (QED) is 0.743. The summed E-state index contributed by atoms with van der Waals surface area (Å²) in [7, 11) is 0. The van der Waals surface area contributed by atoms with E-state index < -0.39 is 0 Å². The molecular formula is C14H21NO. The highest BCUT2D eigenvalue weighted by atomic mass is 16.5. The fourth-order valence-electron chi connectivity index (χ4n) is 2.20. The second kappa shape index (κ2) is 6.66. The van der Waals surface area contributed by atoms with Crippen LogP contribution in [0.1, 0.15) is 24.8 Å². The lowest BCUT2D eigenvalue weighted by Gasteiger charge is -2.08. The van der Waals surface area contributed by atoms with Gasteiger partial charge < -0.3 is 10.1 Å². The molecule has 0 aromatic heterocycles. The summed E-state index contributed by atoms with van der Waals surface area (Å²) in [5, 5.41) is 3.40. The van der Waals surface area contributed by atoms with Crippen LogP contribution in [-0.2, 0) is 11.3 Å². The third-order valence-electron chi connectivity index (χ3n) is 3.17. The highest BCUT2D eigenvalue weighted by Gasteiger charge is 2.13. The Kier molecular flexibility index (Phi) is 4.84. The van der Waals surface area contributed by atoms with Crippen molar-refractivity contribution in [1.29, 1.82) is 0 Å². The molecule has 0 bridgehead atoms. The predicted octanol–water partition coefficient (Wildman–Crippen LogP) is 2.59. The molecule has 1 N–H and O–H groups in total. The maximum Gasteiger partial charge on any atom is 0.0716 e. The van der Waals surface area contributed by atoms with Gasteiger partial charge in [0.2, 0.25) is 0 Å². The van der Waals surface area contributed by atoms with Crippen LogP contribution in [-0.4, -0.2) is 19.7 Å². The number of rotatable bonds is 6. The Morgan fingerprint density at radius 3 is 2.88 bits per heavy atom. The molecule has 2 nitrogen and oxygen atoms in total. The molecule has 88 valence electrons.